The number of anilines is 2. The maximum atomic E-state index is 13.4. The molecule has 1 aliphatic rings. The summed E-state index contributed by atoms with van der Waals surface area (Å²) in [5, 5.41) is 9.82. The monoisotopic (exact) mass is 272 g/mol. The van der Waals surface area contributed by atoms with Gasteiger partial charge in [-0.15, -0.1) is 0 Å². The first-order valence-corrected chi connectivity index (χ1v) is 6.68. The van der Waals surface area contributed by atoms with Crippen LogP contribution in [0.1, 0.15) is 5.56 Å². The van der Waals surface area contributed by atoms with Gasteiger partial charge in [-0.25, -0.2) is 4.39 Å². The number of nitrogens with zero attached hydrogens (tertiary/aromatic N) is 2. The Kier molecular flexibility index (Phi) is 3.22. The van der Waals surface area contributed by atoms with Crippen molar-refractivity contribution in [1.82, 2.24) is 0 Å². The van der Waals surface area contributed by atoms with Gasteiger partial charge in [-0.05, 0) is 18.2 Å². The summed E-state index contributed by atoms with van der Waals surface area (Å²) in [6.07, 6.45) is 0. The number of halogens is 1. The molecule has 0 aliphatic carbocycles. The van der Waals surface area contributed by atoms with E-state index in [1.807, 2.05) is 12.1 Å². The quantitative estimate of drug-likeness (QED) is 0.910. The molecule has 2 aromatic carbocycles. The molecule has 0 saturated carbocycles. The molecule has 3 nitrogen and oxygen atoms in total. The van der Waals surface area contributed by atoms with Crippen molar-refractivity contribution < 1.29 is 9.50 Å². The zero-order valence-electron chi connectivity index (χ0n) is 11.4. The predicted molar refractivity (Wildman–Crippen MR) is 78.8 cm³/mol. The minimum absolute atomic E-state index is 0.246. The number of aromatic hydroxyl groups is 1. The zero-order chi connectivity index (χ0) is 14.1. The molecule has 0 spiro atoms. The van der Waals surface area contributed by atoms with Gasteiger partial charge in [0.1, 0.15) is 0 Å². The van der Waals surface area contributed by atoms with Crippen LogP contribution in [0.2, 0.25) is 0 Å². The van der Waals surface area contributed by atoms with Gasteiger partial charge in [0.25, 0.3) is 0 Å². The lowest BCUT2D eigenvalue weighted by molar-refractivity contribution is 0.425. The van der Waals surface area contributed by atoms with Crippen molar-refractivity contribution in [3.8, 4) is 5.75 Å². The van der Waals surface area contributed by atoms with E-state index >= 15 is 0 Å². The summed E-state index contributed by atoms with van der Waals surface area (Å²) in [7, 11) is 2.07. The second kappa shape index (κ2) is 5.04. The Bertz CT molecular complexity index is 630. The molecule has 0 bridgehead atoms. The van der Waals surface area contributed by atoms with Gasteiger partial charge in [-0.1, -0.05) is 24.3 Å². The molecule has 1 heterocycles. The molecule has 0 saturated heterocycles. The SMILES string of the molecule is CN1CCN(Cc2cccc(F)c2O)c2ccccc21. The smallest absolute Gasteiger partial charge is 0.165 e. The van der Waals surface area contributed by atoms with Crippen LogP contribution in [0, 0.1) is 5.82 Å². The van der Waals surface area contributed by atoms with E-state index < -0.39 is 5.82 Å². The molecule has 0 fully saturated rings. The third kappa shape index (κ3) is 2.18. The fraction of sp³-hybridized carbons (Fsp3) is 0.250. The number of fused-ring (bicyclic) bond motifs is 1. The van der Waals surface area contributed by atoms with Gasteiger partial charge in [0.05, 0.1) is 11.4 Å². The molecule has 0 amide bonds. The number of para-hydroxylation sites is 3. The van der Waals surface area contributed by atoms with Gasteiger partial charge in [0, 0.05) is 32.2 Å². The summed E-state index contributed by atoms with van der Waals surface area (Å²) in [5.74, 6) is -0.811. The normalized spacial score (nSPS) is 14.3. The Balaban J connectivity index is 1.93. The molecule has 0 aromatic heterocycles. The summed E-state index contributed by atoms with van der Waals surface area (Å²) in [4.78, 5) is 4.38. The Labute approximate surface area is 117 Å². The Morgan fingerprint density at radius 3 is 2.60 bits per heavy atom. The van der Waals surface area contributed by atoms with Crippen molar-refractivity contribution in [2.24, 2.45) is 0 Å². The van der Waals surface area contributed by atoms with E-state index in [0.29, 0.717) is 12.1 Å². The fourth-order valence-corrected chi connectivity index (χ4v) is 2.62. The number of hydrogen-bond donors (Lipinski definition) is 1. The highest BCUT2D eigenvalue weighted by atomic mass is 19.1. The number of likely N-dealkylation sites (N-methyl/N-ethyl adjacent to an activating group) is 1. The summed E-state index contributed by atoms with van der Waals surface area (Å²) in [6, 6.07) is 12.8. The predicted octanol–water partition coefficient (Wildman–Crippen LogP) is 2.99. The van der Waals surface area contributed by atoms with Crippen LogP contribution >= 0.6 is 0 Å². The molecule has 1 N–H and O–H groups in total. The summed E-state index contributed by atoms with van der Waals surface area (Å²) < 4.78 is 13.4. The van der Waals surface area contributed by atoms with Crippen molar-refractivity contribution in [3.63, 3.8) is 0 Å². The van der Waals surface area contributed by atoms with Gasteiger partial charge < -0.3 is 14.9 Å². The fourth-order valence-electron chi connectivity index (χ4n) is 2.62. The molecule has 0 atom stereocenters. The van der Waals surface area contributed by atoms with E-state index in [4.69, 9.17) is 0 Å². The molecule has 2 aromatic rings. The van der Waals surface area contributed by atoms with Crippen LogP contribution in [0.3, 0.4) is 0 Å². The van der Waals surface area contributed by atoms with Gasteiger partial charge in [0.2, 0.25) is 0 Å². The van der Waals surface area contributed by atoms with Crippen LogP contribution in [0.5, 0.6) is 5.75 Å². The highest BCUT2D eigenvalue weighted by Gasteiger charge is 2.21. The first-order chi connectivity index (χ1) is 9.66. The second-order valence-corrected chi connectivity index (χ2v) is 5.08. The highest BCUT2D eigenvalue weighted by Crippen LogP contribution is 2.34. The molecule has 0 radical (unpaired) electrons. The first kappa shape index (κ1) is 12.8. The Hall–Kier alpha value is -2.23. The topological polar surface area (TPSA) is 26.7 Å². The molecule has 104 valence electrons. The average Bonchev–Trinajstić information content (AvgIpc) is 2.47. The van der Waals surface area contributed by atoms with Gasteiger partial charge in [-0.2, -0.15) is 0 Å². The second-order valence-electron chi connectivity index (χ2n) is 5.08. The van der Waals surface area contributed by atoms with Crippen molar-refractivity contribution in [2.75, 3.05) is 29.9 Å². The molecule has 3 rings (SSSR count). The van der Waals surface area contributed by atoms with Crippen molar-refractivity contribution >= 4 is 11.4 Å². The lowest BCUT2D eigenvalue weighted by atomic mass is 10.1. The van der Waals surface area contributed by atoms with Crippen molar-refractivity contribution in [1.29, 1.82) is 0 Å². The van der Waals surface area contributed by atoms with Crippen LogP contribution < -0.4 is 9.80 Å². The maximum absolute atomic E-state index is 13.4. The van der Waals surface area contributed by atoms with Crippen LogP contribution in [0.15, 0.2) is 42.5 Å². The zero-order valence-corrected chi connectivity index (χ0v) is 11.4. The number of hydrogen-bond acceptors (Lipinski definition) is 3. The van der Waals surface area contributed by atoms with Crippen LogP contribution in [-0.2, 0) is 6.54 Å². The maximum Gasteiger partial charge on any atom is 0.165 e. The summed E-state index contributed by atoms with van der Waals surface area (Å²) in [5.41, 5.74) is 2.89. The molecule has 0 unspecified atom stereocenters. The minimum atomic E-state index is -0.565. The molecular formula is C16H17FN2O. The Morgan fingerprint density at radius 2 is 1.80 bits per heavy atom. The van der Waals surface area contributed by atoms with E-state index in [-0.39, 0.29) is 5.75 Å². The van der Waals surface area contributed by atoms with Crippen molar-refractivity contribution in [2.45, 2.75) is 6.54 Å². The van der Waals surface area contributed by atoms with Crippen LogP contribution in [0.4, 0.5) is 15.8 Å². The average molecular weight is 272 g/mol. The van der Waals surface area contributed by atoms with Crippen molar-refractivity contribution in [3.05, 3.63) is 53.8 Å². The Morgan fingerprint density at radius 1 is 1.05 bits per heavy atom. The summed E-state index contributed by atoms with van der Waals surface area (Å²) >= 11 is 0. The lowest BCUT2D eigenvalue weighted by Crippen LogP contribution is -2.38. The standard InChI is InChI=1S/C16H17FN2O/c1-18-9-10-19(15-8-3-2-7-14(15)18)11-12-5-4-6-13(17)16(12)20/h2-8,20H,9-11H2,1H3. The molecule has 1 aliphatic heterocycles. The van der Waals surface area contributed by atoms with E-state index in [1.165, 1.54) is 6.07 Å². The molecule has 20 heavy (non-hydrogen) atoms. The van der Waals surface area contributed by atoms with Crippen LogP contribution in [0.25, 0.3) is 0 Å². The van der Waals surface area contributed by atoms with E-state index in [1.54, 1.807) is 12.1 Å². The largest absolute Gasteiger partial charge is 0.505 e. The number of rotatable bonds is 2. The first-order valence-electron chi connectivity index (χ1n) is 6.68. The van der Waals surface area contributed by atoms with Gasteiger partial charge in [-0.3, -0.25) is 0 Å². The third-order valence-corrected chi connectivity index (χ3v) is 3.77. The van der Waals surface area contributed by atoms with E-state index in [2.05, 4.69) is 29.0 Å². The highest BCUT2D eigenvalue weighted by molar-refractivity contribution is 5.73. The number of phenols is 1. The van der Waals surface area contributed by atoms with Crippen LogP contribution in [-0.4, -0.2) is 25.2 Å². The third-order valence-electron chi connectivity index (χ3n) is 3.77. The minimum Gasteiger partial charge on any atom is -0.505 e. The lowest BCUT2D eigenvalue weighted by Gasteiger charge is -2.37. The van der Waals surface area contributed by atoms with Gasteiger partial charge in [0.15, 0.2) is 11.6 Å². The van der Waals surface area contributed by atoms with Gasteiger partial charge >= 0.3 is 0 Å². The van der Waals surface area contributed by atoms with E-state index in [0.717, 1.165) is 24.5 Å². The number of benzene rings is 2. The number of phenolic OH excluding ortho intramolecular Hbond substituents is 1. The molecular weight excluding hydrogens is 255 g/mol. The molecule has 4 heteroatoms. The summed E-state index contributed by atoms with van der Waals surface area (Å²) in [6.45, 7) is 2.27. The van der Waals surface area contributed by atoms with E-state index in [9.17, 15) is 9.50 Å².